The molecule has 0 aliphatic carbocycles. The normalized spacial score (nSPS) is 10.9. The average molecular weight is 393 g/mol. The molecule has 28 heavy (non-hydrogen) atoms. The molecule has 0 bridgehead atoms. The number of carboxylic acids is 1. The number of amides is 1. The van der Waals surface area contributed by atoms with E-state index in [1.165, 1.54) is 30.3 Å². The van der Waals surface area contributed by atoms with Crippen molar-refractivity contribution in [2.45, 2.75) is 0 Å². The number of benzene rings is 2. The second-order valence-corrected chi connectivity index (χ2v) is 6.16. The van der Waals surface area contributed by atoms with E-state index in [0.29, 0.717) is 22.2 Å². The minimum absolute atomic E-state index is 0.0955. The maximum absolute atomic E-state index is 12.3. The molecule has 3 rings (SSSR count). The summed E-state index contributed by atoms with van der Waals surface area (Å²) in [6.45, 7) is 0. The minimum atomic E-state index is -1.07. The molecule has 0 atom stereocenters. The van der Waals surface area contributed by atoms with Gasteiger partial charge in [0.2, 0.25) is 0 Å². The number of hydrogen-bond donors (Lipinski definition) is 2. The number of hydrogen-bond acceptors (Lipinski definition) is 4. The van der Waals surface area contributed by atoms with Gasteiger partial charge in [0.25, 0.3) is 5.91 Å². The molecule has 0 saturated carbocycles. The zero-order valence-electron chi connectivity index (χ0n) is 14.3. The summed E-state index contributed by atoms with van der Waals surface area (Å²) in [5, 5.41) is 21.3. The molecule has 0 spiro atoms. The number of nitrogens with zero attached hydrogens (tertiary/aromatic N) is 1. The second-order valence-electron chi connectivity index (χ2n) is 5.72. The Bertz CT molecular complexity index is 1110. The van der Waals surface area contributed by atoms with Crippen LogP contribution in [0.5, 0.6) is 0 Å². The molecule has 6 nitrogen and oxygen atoms in total. The van der Waals surface area contributed by atoms with Crippen LogP contribution in [0.1, 0.15) is 16.1 Å². The molecular formula is C21H13ClN2O4. The number of nitrogens with one attached hydrogen (secondary N) is 1. The highest BCUT2D eigenvalue weighted by atomic mass is 35.5. The molecule has 0 saturated heterocycles. The molecule has 7 heteroatoms. The van der Waals surface area contributed by atoms with Crippen molar-refractivity contribution in [2.75, 3.05) is 5.32 Å². The fraction of sp³-hybridized carbons (Fsp3) is 0. The minimum Gasteiger partial charge on any atom is -0.478 e. The highest BCUT2D eigenvalue weighted by Crippen LogP contribution is 2.25. The van der Waals surface area contributed by atoms with Crippen LogP contribution in [0.4, 0.5) is 5.69 Å². The lowest BCUT2D eigenvalue weighted by Gasteiger charge is -2.04. The number of carbonyl (C=O) groups excluding carboxylic acids is 1. The number of carboxylic acid groups (broad SMARTS) is 1. The van der Waals surface area contributed by atoms with Gasteiger partial charge in [-0.15, -0.1) is 0 Å². The Labute approximate surface area is 165 Å². The molecule has 138 valence electrons. The third-order valence-corrected chi connectivity index (χ3v) is 4.01. The zero-order chi connectivity index (χ0) is 20.1. The number of anilines is 1. The second kappa shape index (κ2) is 8.25. The quantitative estimate of drug-likeness (QED) is 0.477. The van der Waals surface area contributed by atoms with E-state index in [1.807, 2.05) is 12.1 Å². The number of halogens is 1. The van der Waals surface area contributed by atoms with Crippen molar-refractivity contribution in [1.29, 1.82) is 5.26 Å². The Balaban J connectivity index is 1.77. The Morgan fingerprint density at radius 1 is 1.11 bits per heavy atom. The van der Waals surface area contributed by atoms with Crippen molar-refractivity contribution < 1.29 is 19.1 Å². The van der Waals surface area contributed by atoms with Crippen molar-refractivity contribution in [2.24, 2.45) is 0 Å². The first-order valence-electron chi connectivity index (χ1n) is 8.08. The fourth-order valence-corrected chi connectivity index (χ4v) is 2.60. The van der Waals surface area contributed by atoms with E-state index in [9.17, 15) is 14.9 Å². The number of furan rings is 1. The van der Waals surface area contributed by atoms with Gasteiger partial charge in [-0.3, -0.25) is 4.79 Å². The first-order valence-corrected chi connectivity index (χ1v) is 8.46. The molecule has 0 aliphatic heterocycles. The molecule has 1 amide bonds. The van der Waals surface area contributed by atoms with Crippen LogP contribution < -0.4 is 5.32 Å². The molecule has 0 aliphatic rings. The Morgan fingerprint density at radius 3 is 2.50 bits per heavy atom. The topological polar surface area (TPSA) is 103 Å². The predicted molar refractivity (Wildman–Crippen MR) is 105 cm³/mol. The Morgan fingerprint density at radius 2 is 1.86 bits per heavy atom. The molecular weight excluding hydrogens is 380 g/mol. The molecule has 2 N–H and O–H groups in total. The van der Waals surface area contributed by atoms with Gasteiger partial charge in [-0.05, 0) is 48.5 Å². The van der Waals surface area contributed by atoms with E-state index < -0.39 is 11.9 Å². The SMILES string of the molecule is N#C/C(=C\c1ccc(-c2cccc(Cl)c2)o1)C(=O)Nc1ccc(C(=O)O)cc1. The van der Waals surface area contributed by atoms with E-state index in [4.69, 9.17) is 21.1 Å². The average Bonchev–Trinajstić information content (AvgIpc) is 3.15. The zero-order valence-corrected chi connectivity index (χ0v) is 15.1. The van der Waals surface area contributed by atoms with Crippen LogP contribution in [0.2, 0.25) is 5.02 Å². The largest absolute Gasteiger partial charge is 0.478 e. The summed E-state index contributed by atoms with van der Waals surface area (Å²) in [6.07, 6.45) is 1.33. The number of aromatic carboxylic acids is 1. The summed E-state index contributed by atoms with van der Waals surface area (Å²) in [6, 6.07) is 17.9. The summed E-state index contributed by atoms with van der Waals surface area (Å²) >= 11 is 5.97. The van der Waals surface area contributed by atoms with Gasteiger partial charge in [0.15, 0.2) is 0 Å². The molecule has 0 unspecified atom stereocenters. The van der Waals surface area contributed by atoms with E-state index in [2.05, 4.69) is 5.32 Å². The monoisotopic (exact) mass is 392 g/mol. The van der Waals surface area contributed by atoms with Crippen molar-refractivity contribution in [3.05, 3.63) is 82.6 Å². The molecule has 1 aromatic heterocycles. The van der Waals surface area contributed by atoms with Crippen molar-refractivity contribution >= 4 is 35.2 Å². The predicted octanol–water partition coefficient (Wildman–Crippen LogP) is 4.84. The van der Waals surface area contributed by atoms with Gasteiger partial charge in [0, 0.05) is 22.3 Å². The van der Waals surface area contributed by atoms with Gasteiger partial charge in [0.05, 0.1) is 5.56 Å². The summed E-state index contributed by atoms with van der Waals surface area (Å²) in [5.74, 6) is -0.811. The van der Waals surface area contributed by atoms with Gasteiger partial charge < -0.3 is 14.8 Å². The van der Waals surface area contributed by atoms with Crippen molar-refractivity contribution in [3.63, 3.8) is 0 Å². The van der Waals surface area contributed by atoms with Crippen LogP contribution in [0, 0.1) is 11.3 Å². The van der Waals surface area contributed by atoms with Gasteiger partial charge in [0.1, 0.15) is 23.2 Å². The van der Waals surface area contributed by atoms with Crippen LogP contribution >= 0.6 is 11.6 Å². The van der Waals surface area contributed by atoms with E-state index >= 15 is 0 Å². The van der Waals surface area contributed by atoms with Gasteiger partial charge in [-0.1, -0.05) is 23.7 Å². The van der Waals surface area contributed by atoms with Crippen LogP contribution in [0.25, 0.3) is 17.4 Å². The maximum atomic E-state index is 12.3. The maximum Gasteiger partial charge on any atom is 0.335 e. The standard InChI is InChI=1S/C21H13ClN2O4/c22-16-3-1-2-14(10-16)19-9-8-18(28-19)11-15(12-23)20(25)24-17-6-4-13(5-7-17)21(26)27/h1-11H,(H,24,25)(H,26,27)/b15-11+. The lowest BCUT2D eigenvalue weighted by molar-refractivity contribution is -0.112. The van der Waals surface area contributed by atoms with Gasteiger partial charge >= 0.3 is 5.97 Å². The molecule has 0 fully saturated rings. The number of carbonyl (C=O) groups is 2. The number of nitriles is 1. The van der Waals surface area contributed by atoms with Crippen molar-refractivity contribution in [3.8, 4) is 17.4 Å². The summed E-state index contributed by atoms with van der Waals surface area (Å²) in [4.78, 5) is 23.2. The van der Waals surface area contributed by atoms with E-state index in [0.717, 1.165) is 5.56 Å². The fourth-order valence-electron chi connectivity index (χ4n) is 2.41. The highest BCUT2D eigenvalue weighted by molar-refractivity contribution is 6.30. The van der Waals surface area contributed by atoms with Crippen LogP contribution in [0.3, 0.4) is 0 Å². The summed E-state index contributed by atoms with van der Waals surface area (Å²) in [5.41, 5.74) is 1.08. The first kappa shape index (κ1) is 19.0. The highest BCUT2D eigenvalue weighted by Gasteiger charge is 2.12. The third-order valence-electron chi connectivity index (χ3n) is 3.78. The van der Waals surface area contributed by atoms with Crippen molar-refractivity contribution in [1.82, 2.24) is 0 Å². The van der Waals surface area contributed by atoms with E-state index in [1.54, 1.807) is 30.3 Å². The lowest BCUT2D eigenvalue weighted by Crippen LogP contribution is -2.13. The lowest BCUT2D eigenvalue weighted by atomic mass is 10.2. The summed E-state index contributed by atoms with van der Waals surface area (Å²) < 4.78 is 5.67. The van der Waals surface area contributed by atoms with Gasteiger partial charge in [-0.25, -0.2) is 4.79 Å². The third kappa shape index (κ3) is 4.47. The number of rotatable bonds is 5. The Hall–Kier alpha value is -3.82. The Kier molecular flexibility index (Phi) is 5.58. The molecule has 0 radical (unpaired) electrons. The van der Waals surface area contributed by atoms with E-state index in [-0.39, 0.29) is 11.1 Å². The summed E-state index contributed by atoms with van der Waals surface area (Å²) in [7, 11) is 0. The van der Waals surface area contributed by atoms with Gasteiger partial charge in [-0.2, -0.15) is 5.26 Å². The van der Waals surface area contributed by atoms with Crippen LogP contribution in [0.15, 0.2) is 70.7 Å². The first-order chi connectivity index (χ1) is 13.5. The smallest absolute Gasteiger partial charge is 0.335 e. The van der Waals surface area contributed by atoms with Crippen LogP contribution in [-0.4, -0.2) is 17.0 Å². The molecule has 2 aromatic carbocycles. The molecule has 3 aromatic rings. The van der Waals surface area contributed by atoms with Crippen LogP contribution in [-0.2, 0) is 4.79 Å². The molecule has 1 heterocycles.